The number of ether oxygens (including phenoxy) is 3. The summed E-state index contributed by atoms with van der Waals surface area (Å²) in [5, 5.41) is 0. The number of ketones is 1. The van der Waals surface area contributed by atoms with Crippen LogP contribution in [-0.2, 0) is 19.1 Å². The summed E-state index contributed by atoms with van der Waals surface area (Å²) >= 11 is 0. The molecule has 3 rings (SSSR count). The largest absolute Gasteiger partial charge is 0.447 e. The highest BCUT2D eigenvalue weighted by Gasteiger charge is 2.41. The molecule has 38 heavy (non-hydrogen) atoms. The molecule has 1 aliphatic heterocycles. The van der Waals surface area contributed by atoms with Crippen LogP contribution in [0.4, 0.5) is 5.69 Å². The van der Waals surface area contributed by atoms with Gasteiger partial charge in [-0.2, -0.15) is 0 Å². The molecule has 0 bridgehead atoms. The highest BCUT2D eigenvalue weighted by atomic mass is 16.6. The molecule has 8 nitrogen and oxygen atoms in total. The van der Waals surface area contributed by atoms with Crippen molar-refractivity contribution in [2.24, 2.45) is 21.2 Å². The fraction of sp³-hybridized carbons (Fsp3) is 0.433. The third kappa shape index (κ3) is 6.36. The number of rotatable bonds is 4. The number of fused-ring (bicyclic) bond motifs is 1. The van der Waals surface area contributed by atoms with E-state index in [1.165, 1.54) is 12.1 Å². The van der Waals surface area contributed by atoms with E-state index in [9.17, 15) is 19.2 Å². The Morgan fingerprint density at radius 3 is 1.79 bits per heavy atom. The molecule has 0 radical (unpaired) electrons. The highest BCUT2D eigenvalue weighted by molar-refractivity contribution is 6.27. The molecular formula is C30H35NO7. The Morgan fingerprint density at radius 1 is 0.737 bits per heavy atom. The van der Waals surface area contributed by atoms with E-state index in [-0.39, 0.29) is 28.5 Å². The first-order valence-electron chi connectivity index (χ1n) is 12.4. The molecule has 0 spiro atoms. The molecule has 1 unspecified atom stereocenters. The van der Waals surface area contributed by atoms with E-state index in [0.29, 0.717) is 5.56 Å². The van der Waals surface area contributed by atoms with Crippen molar-refractivity contribution in [2.45, 2.75) is 68.4 Å². The molecule has 2 aromatic rings. The quantitative estimate of drug-likeness (QED) is 0.366. The van der Waals surface area contributed by atoms with Gasteiger partial charge in [-0.15, -0.1) is 0 Å². The molecule has 1 aliphatic rings. The first-order chi connectivity index (χ1) is 17.4. The van der Waals surface area contributed by atoms with Gasteiger partial charge >= 0.3 is 17.9 Å². The van der Waals surface area contributed by atoms with E-state index in [2.05, 4.69) is 4.99 Å². The predicted octanol–water partition coefficient (Wildman–Crippen LogP) is 5.86. The van der Waals surface area contributed by atoms with E-state index in [1.807, 2.05) is 6.07 Å². The predicted molar refractivity (Wildman–Crippen MR) is 143 cm³/mol. The molecule has 1 atom stereocenters. The van der Waals surface area contributed by atoms with Gasteiger partial charge in [-0.05, 0) is 62.3 Å². The van der Waals surface area contributed by atoms with E-state index < -0.39 is 46.0 Å². The van der Waals surface area contributed by atoms with Gasteiger partial charge < -0.3 is 14.2 Å². The second-order valence-electron chi connectivity index (χ2n) is 12.4. The third-order valence-corrected chi connectivity index (χ3v) is 5.57. The van der Waals surface area contributed by atoms with Crippen molar-refractivity contribution in [3.8, 4) is 11.5 Å². The lowest BCUT2D eigenvalue weighted by Gasteiger charge is -2.28. The van der Waals surface area contributed by atoms with Crippen molar-refractivity contribution in [1.82, 2.24) is 0 Å². The molecule has 0 N–H and O–H groups in total. The minimum atomic E-state index is -1.37. The Bertz CT molecular complexity index is 1300. The smallest absolute Gasteiger partial charge is 0.316 e. The number of hydrogen-bond donors (Lipinski definition) is 0. The maximum atomic E-state index is 14.0. The van der Waals surface area contributed by atoms with Gasteiger partial charge in [0, 0.05) is 17.7 Å². The molecular weight excluding hydrogens is 486 g/mol. The number of esters is 3. The first-order valence-corrected chi connectivity index (χ1v) is 12.4. The maximum Gasteiger partial charge on any atom is 0.316 e. The summed E-state index contributed by atoms with van der Waals surface area (Å²) in [7, 11) is 0. The number of Topliss-reactive ketones (excluding diaryl/α,β-unsaturated/α-hetero) is 1. The highest BCUT2D eigenvalue weighted by Crippen LogP contribution is 2.41. The third-order valence-electron chi connectivity index (χ3n) is 5.57. The van der Waals surface area contributed by atoms with Crippen molar-refractivity contribution < 1.29 is 33.4 Å². The number of aliphatic imine (C=N–C) groups is 1. The zero-order valence-electron chi connectivity index (χ0n) is 23.4. The number of nitrogens with zero attached hydrogens (tertiary/aromatic N) is 1. The van der Waals surface area contributed by atoms with Crippen molar-refractivity contribution in [1.29, 1.82) is 0 Å². The maximum absolute atomic E-state index is 14.0. The molecule has 2 aromatic carbocycles. The molecule has 1 heterocycles. The van der Waals surface area contributed by atoms with Gasteiger partial charge in [0.25, 0.3) is 0 Å². The van der Waals surface area contributed by atoms with Crippen molar-refractivity contribution in [2.75, 3.05) is 0 Å². The fourth-order valence-corrected chi connectivity index (χ4v) is 3.23. The summed E-state index contributed by atoms with van der Waals surface area (Å²) in [6.07, 6.45) is -1.37. The molecule has 202 valence electrons. The SMILES string of the molecule is CC(C)(C)C(=O)Oc1cc2c(c(OC(=O)C(C)(C)C)c1)C(=O)C(OC(=O)C(C)(C)C)C(c1ccccc1)=N2. The van der Waals surface area contributed by atoms with Crippen molar-refractivity contribution in [3.05, 3.63) is 53.6 Å². The summed E-state index contributed by atoms with van der Waals surface area (Å²) in [5.74, 6) is -2.38. The average molecular weight is 522 g/mol. The Kier molecular flexibility index (Phi) is 7.69. The summed E-state index contributed by atoms with van der Waals surface area (Å²) < 4.78 is 16.9. The zero-order chi connectivity index (χ0) is 28.6. The molecule has 0 saturated carbocycles. The van der Waals surface area contributed by atoms with Crippen LogP contribution in [-0.4, -0.2) is 35.5 Å². The molecule has 0 fully saturated rings. The molecule has 8 heteroatoms. The van der Waals surface area contributed by atoms with Gasteiger partial charge in [0.2, 0.25) is 11.9 Å². The van der Waals surface area contributed by atoms with Gasteiger partial charge in [-0.3, -0.25) is 19.2 Å². The lowest BCUT2D eigenvalue weighted by Crippen LogP contribution is -2.41. The average Bonchev–Trinajstić information content (AvgIpc) is 2.79. The number of benzene rings is 2. The van der Waals surface area contributed by atoms with Crippen LogP contribution in [0.1, 0.15) is 78.2 Å². The van der Waals surface area contributed by atoms with E-state index in [1.54, 1.807) is 86.6 Å². The zero-order valence-corrected chi connectivity index (χ0v) is 23.4. The van der Waals surface area contributed by atoms with Gasteiger partial charge in [-0.25, -0.2) is 4.99 Å². The molecule has 0 saturated heterocycles. The van der Waals surface area contributed by atoms with Gasteiger partial charge in [-0.1, -0.05) is 30.3 Å². The second kappa shape index (κ2) is 10.2. The Labute approximate surface area is 223 Å². The molecule has 0 aliphatic carbocycles. The first kappa shape index (κ1) is 28.8. The molecule has 0 amide bonds. The monoisotopic (exact) mass is 521 g/mol. The minimum Gasteiger partial charge on any atom is -0.447 e. The summed E-state index contributed by atoms with van der Waals surface area (Å²) in [6.45, 7) is 15.2. The lowest BCUT2D eigenvalue weighted by atomic mass is 9.91. The van der Waals surface area contributed by atoms with Crippen molar-refractivity contribution >= 4 is 35.1 Å². The number of hydrogen-bond acceptors (Lipinski definition) is 8. The standard InChI is InChI=1S/C30H35NO7/c1-28(2,3)25(33)36-18-15-19-21(20(16-18)37-26(34)29(4,5)6)23(32)24(38-27(35)30(7,8)9)22(31-19)17-13-11-10-12-14-17/h10-16,24H,1-9H3. The van der Waals surface area contributed by atoms with Crippen LogP contribution < -0.4 is 9.47 Å². The Balaban J connectivity index is 2.24. The van der Waals surface area contributed by atoms with Crippen LogP contribution >= 0.6 is 0 Å². The van der Waals surface area contributed by atoms with Crippen LogP contribution in [0.5, 0.6) is 11.5 Å². The van der Waals surface area contributed by atoms with Gasteiger partial charge in [0.15, 0.2) is 0 Å². The van der Waals surface area contributed by atoms with Crippen LogP contribution in [0.2, 0.25) is 0 Å². The fourth-order valence-electron chi connectivity index (χ4n) is 3.23. The van der Waals surface area contributed by atoms with E-state index >= 15 is 0 Å². The normalized spacial score (nSPS) is 15.8. The van der Waals surface area contributed by atoms with Crippen LogP contribution in [0.15, 0.2) is 47.5 Å². The van der Waals surface area contributed by atoms with Crippen LogP contribution in [0, 0.1) is 16.2 Å². The minimum absolute atomic E-state index is 0.0375. The lowest BCUT2D eigenvalue weighted by molar-refractivity contribution is -0.154. The summed E-state index contributed by atoms with van der Waals surface area (Å²) in [4.78, 5) is 56.9. The summed E-state index contributed by atoms with van der Waals surface area (Å²) in [6, 6.07) is 11.6. The Morgan fingerprint density at radius 2 is 1.26 bits per heavy atom. The number of carbonyl (C=O) groups excluding carboxylic acids is 4. The van der Waals surface area contributed by atoms with E-state index in [0.717, 1.165) is 0 Å². The summed E-state index contributed by atoms with van der Waals surface area (Å²) in [5.41, 5.74) is -1.69. The topological polar surface area (TPSA) is 108 Å². The van der Waals surface area contributed by atoms with Crippen LogP contribution in [0.3, 0.4) is 0 Å². The van der Waals surface area contributed by atoms with Gasteiger partial charge in [0.05, 0.1) is 33.2 Å². The van der Waals surface area contributed by atoms with Crippen LogP contribution in [0.25, 0.3) is 0 Å². The van der Waals surface area contributed by atoms with Gasteiger partial charge in [0.1, 0.15) is 11.5 Å². The molecule has 0 aromatic heterocycles. The number of carbonyl (C=O) groups is 4. The second-order valence-corrected chi connectivity index (χ2v) is 12.4. The van der Waals surface area contributed by atoms with Crippen molar-refractivity contribution in [3.63, 3.8) is 0 Å². The Hall–Kier alpha value is -3.81. The van der Waals surface area contributed by atoms with E-state index in [4.69, 9.17) is 14.2 Å².